The van der Waals surface area contributed by atoms with Crippen LogP contribution in [0.2, 0.25) is 0 Å². The van der Waals surface area contributed by atoms with E-state index in [1.165, 1.54) is 44.9 Å². The maximum absolute atomic E-state index is 4.36. The zero-order valence-electron chi connectivity index (χ0n) is 17.7. The van der Waals surface area contributed by atoms with Gasteiger partial charge in [-0.3, -0.25) is 0 Å². The number of hydrogen-bond acceptors (Lipinski definition) is 1. The minimum absolute atomic E-state index is 0.420. The third-order valence-electron chi connectivity index (χ3n) is 10.1. The summed E-state index contributed by atoms with van der Waals surface area (Å²) in [5.41, 5.74) is 1.17. The molecule has 1 N–H and O–H groups in total. The van der Waals surface area contributed by atoms with Crippen LogP contribution in [0.15, 0.2) is 0 Å². The summed E-state index contributed by atoms with van der Waals surface area (Å²) < 4.78 is 0. The van der Waals surface area contributed by atoms with E-state index in [1.54, 1.807) is 38.5 Å². The van der Waals surface area contributed by atoms with Crippen LogP contribution in [0.5, 0.6) is 0 Å². The fourth-order valence-corrected chi connectivity index (χ4v) is 8.83. The van der Waals surface area contributed by atoms with Crippen molar-refractivity contribution in [2.75, 3.05) is 0 Å². The molecule has 1 saturated heterocycles. The average molecular weight is 358 g/mol. The third-order valence-corrected chi connectivity index (χ3v) is 10.1. The lowest BCUT2D eigenvalue weighted by Gasteiger charge is -2.56. The van der Waals surface area contributed by atoms with Crippen molar-refractivity contribution in [2.45, 2.75) is 116 Å². The first-order valence-electron chi connectivity index (χ1n) is 12.3. The van der Waals surface area contributed by atoms with Gasteiger partial charge in [-0.1, -0.05) is 52.9 Å². The quantitative estimate of drug-likeness (QED) is 0.589. The Balaban J connectivity index is 1.49. The van der Waals surface area contributed by atoms with Crippen LogP contribution in [0.1, 0.15) is 104 Å². The lowest BCUT2D eigenvalue weighted by molar-refractivity contribution is -0.0587. The summed E-state index contributed by atoms with van der Waals surface area (Å²) in [6.07, 6.45) is 20.0. The Bertz CT molecular complexity index is 507. The zero-order valence-corrected chi connectivity index (χ0v) is 17.7. The fraction of sp³-hybridized carbons (Fsp3) is 1.00. The van der Waals surface area contributed by atoms with Crippen molar-refractivity contribution in [3.8, 4) is 0 Å². The Morgan fingerprint density at radius 2 is 1.35 bits per heavy atom. The van der Waals surface area contributed by atoms with E-state index in [2.05, 4.69) is 26.1 Å². The molecule has 1 heteroatoms. The molecule has 0 radical (unpaired) electrons. The van der Waals surface area contributed by atoms with E-state index in [4.69, 9.17) is 0 Å². The smallest absolute Gasteiger partial charge is 0.0137 e. The van der Waals surface area contributed by atoms with Gasteiger partial charge in [-0.05, 0) is 91.8 Å². The van der Waals surface area contributed by atoms with E-state index < -0.39 is 0 Å². The highest BCUT2D eigenvalue weighted by atomic mass is 15.0. The van der Waals surface area contributed by atoms with E-state index in [0.29, 0.717) is 5.41 Å². The summed E-state index contributed by atoms with van der Waals surface area (Å²) >= 11 is 0. The second-order valence-electron chi connectivity index (χ2n) is 12.1. The fourth-order valence-electron chi connectivity index (χ4n) is 8.83. The van der Waals surface area contributed by atoms with Gasteiger partial charge in [0.25, 0.3) is 0 Å². The Labute approximate surface area is 162 Å². The van der Waals surface area contributed by atoms with Crippen LogP contribution in [0.4, 0.5) is 0 Å². The van der Waals surface area contributed by atoms with Gasteiger partial charge in [0.1, 0.15) is 0 Å². The summed E-state index contributed by atoms with van der Waals surface area (Å²) in [5.74, 6) is 5.28. The van der Waals surface area contributed by atoms with Crippen LogP contribution >= 0.6 is 0 Å². The minimum Gasteiger partial charge on any atom is -0.310 e. The van der Waals surface area contributed by atoms with E-state index in [0.717, 1.165) is 47.1 Å². The van der Waals surface area contributed by atoms with E-state index in [1.807, 2.05) is 0 Å². The molecule has 4 aliphatic carbocycles. The molecule has 6 atom stereocenters. The van der Waals surface area contributed by atoms with E-state index in [-0.39, 0.29) is 0 Å². The second-order valence-corrected chi connectivity index (χ2v) is 12.1. The van der Waals surface area contributed by atoms with Crippen LogP contribution < -0.4 is 5.32 Å². The van der Waals surface area contributed by atoms with Gasteiger partial charge < -0.3 is 5.32 Å². The van der Waals surface area contributed by atoms with Gasteiger partial charge in [0.05, 0.1) is 0 Å². The zero-order chi connectivity index (χ0) is 17.9. The molecule has 1 heterocycles. The molecule has 0 aromatic carbocycles. The molecule has 1 nitrogen and oxygen atoms in total. The Morgan fingerprint density at radius 1 is 0.692 bits per heavy atom. The van der Waals surface area contributed by atoms with Gasteiger partial charge >= 0.3 is 0 Å². The first kappa shape index (κ1) is 18.0. The van der Waals surface area contributed by atoms with E-state index >= 15 is 0 Å². The molecule has 148 valence electrons. The standard InChI is InChI=1S/C25H43N/c1-24(2,3)21-14-13-20-18-11-6-7-12-19(18)22(23(20)26-21)25(15-8-16-25)17-9-4-5-10-17/h17-23,26H,4-16H2,1-3H3. The first-order valence-corrected chi connectivity index (χ1v) is 12.3. The first-order chi connectivity index (χ1) is 12.5. The largest absolute Gasteiger partial charge is 0.310 e. The van der Waals surface area contributed by atoms with Crippen LogP contribution in [-0.2, 0) is 0 Å². The van der Waals surface area contributed by atoms with Gasteiger partial charge in [-0.15, -0.1) is 0 Å². The summed E-state index contributed by atoms with van der Waals surface area (Å²) in [6, 6.07) is 1.61. The van der Waals surface area contributed by atoms with Gasteiger partial charge in [0.2, 0.25) is 0 Å². The number of rotatable bonds is 2. The number of hydrogen-bond donors (Lipinski definition) is 1. The molecule has 5 fully saturated rings. The molecular weight excluding hydrogens is 314 g/mol. The molecule has 5 rings (SSSR count). The Hall–Kier alpha value is -0.0400. The maximum atomic E-state index is 4.36. The summed E-state index contributed by atoms with van der Waals surface area (Å²) in [6.45, 7) is 7.41. The van der Waals surface area contributed by atoms with Crippen LogP contribution in [0.25, 0.3) is 0 Å². The number of nitrogens with one attached hydrogen (secondary N) is 1. The molecule has 6 unspecified atom stereocenters. The number of piperidine rings is 1. The van der Waals surface area contributed by atoms with Crippen molar-refractivity contribution < 1.29 is 0 Å². The molecule has 0 amide bonds. The van der Waals surface area contributed by atoms with Crippen molar-refractivity contribution in [3.63, 3.8) is 0 Å². The second kappa shape index (κ2) is 6.50. The van der Waals surface area contributed by atoms with Crippen molar-refractivity contribution in [1.29, 1.82) is 0 Å². The summed E-state index contributed by atoms with van der Waals surface area (Å²) in [4.78, 5) is 0. The molecule has 1 aliphatic heterocycles. The highest BCUT2D eigenvalue weighted by molar-refractivity contribution is 5.14. The van der Waals surface area contributed by atoms with Crippen LogP contribution in [0.3, 0.4) is 0 Å². The van der Waals surface area contributed by atoms with Crippen LogP contribution in [-0.4, -0.2) is 12.1 Å². The highest BCUT2D eigenvalue weighted by Crippen LogP contribution is 2.67. The normalized spacial score (nSPS) is 45.8. The minimum atomic E-state index is 0.420. The molecule has 0 aromatic heterocycles. The van der Waals surface area contributed by atoms with E-state index in [9.17, 15) is 0 Å². The Morgan fingerprint density at radius 3 is 1.96 bits per heavy atom. The van der Waals surface area contributed by atoms with Crippen molar-refractivity contribution >= 4 is 0 Å². The molecule has 0 aromatic rings. The molecule has 0 bridgehead atoms. The monoisotopic (exact) mass is 357 g/mol. The predicted octanol–water partition coefficient (Wildman–Crippen LogP) is 6.57. The predicted molar refractivity (Wildman–Crippen MR) is 110 cm³/mol. The summed E-state index contributed by atoms with van der Waals surface area (Å²) in [7, 11) is 0. The lowest BCUT2D eigenvalue weighted by atomic mass is 9.50. The highest BCUT2D eigenvalue weighted by Gasteiger charge is 2.62. The summed E-state index contributed by atoms with van der Waals surface area (Å²) in [5, 5.41) is 4.36. The molecule has 4 saturated carbocycles. The van der Waals surface area contributed by atoms with Gasteiger partial charge in [-0.2, -0.15) is 0 Å². The number of fused-ring (bicyclic) bond motifs is 3. The van der Waals surface area contributed by atoms with Gasteiger partial charge in [0.15, 0.2) is 0 Å². The van der Waals surface area contributed by atoms with Crippen molar-refractivity contribution in [2.24, 2.45) is 40.4 Å². The molecule has 26 heavy (non-hydrogen) atoms. The SMILES string of the molecule is CC(C)(C)C1CCC2C3CCCCC3C(C3(C4CCCC4)CCC3)C2N1. The van der Waals surface area contributed by atoms with Gasteiger partial charge in [0, 0.05) is 12.1 Å². The topological polar surface area (TPSA) is 12.0 Å². The Kier molecular flexibility index (Phi) is 4.50. The lowest BCUT2D eigenvalue weighted by Crippen LogP contribution is -2.58. The molecule has 0 spiro atoms. The molecule has 5 aliphatic rings. The van der Waals surface area contributed by atoms with Crippen molar-refractivity contribution in [1.82, 2.24) is 5.32 Å². The van der Waals surface area contributed by atoms with Crippen LogP contribution in [0, 0.1) is 40.4 Å². The third kappa shape index (κ3) is 2.66. The van der Waals surface area contributed by atoms with Crippen molar-refractivity contribution in [3.05, 3.63) is 0 Å². The average Bonchev–Trinajstić information content (AvgIpc) is 3.21. The molecular formula is C25H43N. The maximum Gasteiger partial charge on any atom is 0.0137 e. The van der Waals surface area contributed by atoms with Gasteiger partial charge in [-0.25, -0.2) is 0 Å².